The zero-order valence-electron chi connectivity index (χ0n) is 30.7. The monoisotopic (exact) mass is 724 g/mol. The van der Waals surface area contributed by atoms with Crippen LogP contribution in [-0.4, -0.2) is 65.6 Å². The molecule has 0 atom stereocenters. The van der Waals surface area contributed by atoms with Crippen molar-refractivity contribution in [1.29, 1.82) is 0 Å². The van der Waals surface area contributed by atoms with Gasteiger partial charge in [-0.15, -0.1) is 0 Å². The number of carbonyl (C=O) groups is 4. The number of hydrogen-bond donors (Lipinski definition) is 2. The summed E-state index contributed by atoms with van der Waals surface area (Å²) in [4.78, 5) is 51.8. The molecule has 6 rings (SSSR count). The molecule has 0 spiro atoms. The molecule has 0 bridgehead atoms. The lowest BCUT2D eigenvalue weighted by Crippen LogP contribution is -2.28. The fourth-order valence-corrected chi connectivity index (χ4v) is 6.11. The minimum absolute atomic E-state index is 0.0831. The first-order chi connectivity index (χ1) is 25.4. The molecule has 2 aliphatic rings. The number of carbonyl (C=O) groups excluding carboxylic acids is 4. The highest BCUT2D eigenvalue weighted by atomic mass is 19.1. The smallest absolute Gasteiger partial charge is 0.407 e. The van der Waals surface area contributed by atoms with Gasteiger partial charge in [-0.1, -0.05) is 55.0 Å². The van der Waals surface area contributed by atoms with E-state index in [4.69, 9.17) is 10.5 Å². The first-order valence-electron chi connectivity index (χ1n) is 18.0. The van der Waals surface area contributed by atoms with Gasteiger partial charge < -0.3 is 25.4 Å². The molecule has 10 nitrogen and oxygen atoms in total. The maximum absolute atomic E-state index is 12.6. The highest BCUT2D eigenvalue weighted by Gasteiger charge is 2.29. The number of aromatic nitrogens is 1. The molecule has 3 N–H and O–H groups in total. The van der Waals surface area contributed by atoms with Gasteiger partial charge >= 0.3 is 12.2 Å². The number of nitrogens with two attached hydrogens (primary N) is 1. The maximum atomic E-state index is 12.6. The summed E-state index contributed by atoms with van der Waals surface area (Å²) in [6.45, 7) is 8.04. The van der Waals surface area contributed by atoms with Gasteiger partial charge in [-0.3, -0.25) is 14.6 Å². The van der Waals surface area contributed by atoms with E-state index in [1.165, 1.54) is 52.7 Å². The Morgan fingerprint density at radius 2 is 1.45 bits per heavy atom. The maximum Gasteiger partial charge on any atom is 0.407 e. The molecule has 0 radical (unpaired) electrons. The number of halogens is 1. The third-order valence-corrected chi connectivity index (χ3v) is 8.58. The van der Waals surface area contributed by atoms with E-state index in [2.05, 4.69) is 39.3 Å². The molecule has 3 amide bonds. The fraction of sp³-hybridized carbons (Fsp3) is 0.357. The van der Waals surface area contributed by atoms with E-state index in [0.717, 1.165) is 45.2 Å². The number of hydrogen-bond acceptors (Lipinski definition) is 7. The van der Waals surface area contributed by atoms with Crippen molar-refractivity contribution in [3.63, 3.8) is 0 Å². The number of ether oxygens (including phenoxy) is 2. The van der Waals surface area contributed by atoms with E-state index in [1.54, 1.807) is 39.1 Å². The minimum atomic E-state index is -0.725. The highest BCUT2D eigenvalue weighted by molar-refractivity contribution is 6.08. The molecular weight excluding hydrogens is 675 g/mol. The van der Waals surface area contributed by atoms with Gasteiger partial charge in [-0.2, -0.15) is 0 Å². The number of rotatable bonds is 10. The lowest BCUT2D eigenvalue weighted by atomic mass is 9.98. The predicted octanol–water partition coefficient (Wildman–Crippen LogP) is 8.04. The van der Waals surface area contributed by atoms with Crippen LogP contribution in [-0.2, 0) is 14.3 Å². The number of ketones is 1. The van der Waals surface area contributed by atoms with Crippen molar-refractivity contribution in [1.82, 2.24) is 15.2 Å². The summed E-state index contributed by atoms with van der Waals surface area (Å²) in [5.74, 6) is -0.141. The number of nitrogens with zero attached hydrogens (tertiary/aromatic N) is 2. The van der Waals surface area contributed by atoms with Crippen LogP contribution in [0.25, 0.3) is 11.1 Å². The van der Waals surface area contributed by atoms with Gasteiger partial charge in [0.1, 0.15) is 18.0 Å². The largest absolute Gasteiger partial charge is 0.449 e. The fourth-order valence-electron chi connectivity index (χ4n) is 6.11. The molecule has 3 aromatic carbocycles. The van der Waals surface area contributed by atoms with Crippen LogP contribution in [0.1, 0.15) is 92.3 Å². The van der Waals surface area contributed by atoms with Crippen LogP contribution in [0, 0.1) is 5.82 Å². The summed E-state index contributed by atoms with van der Waals surface area (Å²) in [6.07, 6.45) is 7.55. The second-order valence-corrected chi connectivity index (χ2v) is 13.8. The number of pyridine rings is 1. The Morgan fingerprint density at radius 1 is 0.830 bits per heavy atom. The summed E-state index contributed by atoms with van der Waals surface area (Å²) >= 11 is 0. The molecule has 280 valence electrons. The van der Waals surface area contributed by atoms with Crippen LogP contribution < -0.4 is 11.1 Å². The number of likely N-dealkylation sites (tertiary alicyclic amines) is 1. The van der Waals surface area contributed by atoms with Gasteiger partial charge in [-0.05, 0) is 105 Å². The standard InChI is InChI=1S/C25H30N2O3.C12H8FNO.C5H11NO2/c28-24(27-16-8-9-17-27)14-2-1-7-15-26-25(29)30-18-23-21-12-5-3-10-19(21)20-11-4-6-13-22(20)23;13-11-5-3-9(4-6-11)12(15)10-2-1-7-14-8-10;1-5(2,3)8-4(6)7/h3-6,10-13,23H,1-2,7-9,14-18H2,(H,26,29);1-8H;1-3H3,(H2,6,7). The van der Waals surface area contributed by atoms with Crippen molar-refractivity contribution in [3.05, 3.63) is 125 Å². The number of alkyl carbamates (subject to hydrolysis) is 1. The van der Waals surface area contributed by atoms with Gasteiger partial charge in [0, 0.05) is 55.5 Å². The van der Waals surface area contributed by atoms with E-state index < -0.39 is 11.7 Å². The Morgan fingerprint density at radius 3 is 2.00 bits per heavy atom. The van der Waals surface area contributed by atoms with Crippen LogP contribution in [0.4, 0.5) is 14.0 Å². The SMILES string of the molecule is CC(C)(C)OC(N)=O.O=C(NCCCCCC(=O)N1CCCC1)OCC1c2ccccc2-c2ccccc21.O=C(c1ccc(F)cc1)c1cccnc1. The molecule has 1 aromatic heterocycles. The molecule has 1 fully saturated rings. The van der Waals surface area contributed by atoms with Crippen molar-refractivity contribution in [3.8, 4) is 11.1 Å². The van der Waals surface area contributed by atoms with E-state index in [1.807, 2.05) is 29.2 Å². The number of primary amides is 1. The summed E-state index contributed by atoms with van der Waals surface area (Å²) in [6, 6.07) is 25.5. The first-order valence-corrected chi connectivity index (χ1v) is 18.0. The molecule has 53 heavy (non-hydrogen) atoms. The third-order valence-electron chi connectivity index (χ3n) is 8.58. The van der Waals surface area contributed by atoms with E-state index in [0.29, 0.717) is 30.7 Å². The van der Waals surface area contributed by atoms with Crippen LogP contribution in [0.5, 0.6) is 0 Å². The molecule has 1 aliphatic carbocycles. The minimum Gasteiger partial charge on any atom is -0.449 e. The number of unbranched alkanes of at least 4 members (excludes halogenated alkanes) is 2. The van der Waals surface area contributed by atoms with E-state index in [9.17, 15) is 23.6 Å². The van der Waals surface area contributed by atoms with Gasteiger partial charge in [0.25, 0.3) is 0 Å². The highest BCUT2D eigenvalue weighted by Crippen LogP contribution is 2.44. The predicted molar refractivity (Wildman–Crippen MR) is 202 cm³/mol. The average molecular weight is 725 g/mol. The third kappa shape index (κ3) is 12.9. The molecule has 11 heteroatoms. The topological polar surface area (TPSA) is 141 Å². The van der Waals surface area contributed by atoms with Crippen molar-refractivity contribution >= 4 is 23.9 Å². The number of nitrogens with one attached hydrogen (secondary N) is 1. The summed E-state index contributed by atoms with van der Waals surface area (Å²) < 4.78 is 22.7. The lowest BCUT2D eigenvalue weighted by Gasteiger charge is -2.16. The van der Waals surface area contributed by atoms with Gasteiger partial charge in [0.2, 0.25) is 5.91 Å². The van der Waals surface area contributed by atoms with E-state index in [-0.39, 0.29) is 29.5 Å². The Kier molecular flexibility index (Phi) is 15.1. The zero-order chi connectivity index (χ0) is 38.2. The Hall–Kier alpha value is -5.58. The summed E-state index contributed by atoms with van der Waals surface area (Å²) in [5, 5.41) is 2.84. The molecular formula is C42H49FN4O6. The van der Waals surface area contributed by atoms with Crippen LogP contribution in [0.15, 0.2) is 97.3 Å². The average Bonchev–Trinajstić information content (AvgIpc) is 3.79. The molecule has 4 aromatic rings. The van der Waals surface area contributed by atoms with Crippen molar-refractivity contribution < 1.29 is 33.0 Å². The summed E-state index contributed by atoms with van der Waals surface area (Å²) in [7, 11) is 0. The van der Waals surface area contributed by atoms with Crippen molar-refractivity contribution in [2.45, 2.75) is 70.8 Å². The number of fused-ring (bicyclic) bond motifs is 3. The molecule has 1 aliphatic heterocycles. The van der Waals surface area contributed by atoms with Crippen molar-refractivity contribution in [2.75, 3.05) is 26.2 Å². The normalized spacial score (nSPS) is 12.9. The first kappa shape index (κ1) is 40.2. The summed E-state index contributed by atoms with van der Waals surface area (Å²) in [5.41, 5.74) is 10.1. The van der Waals surface area contributed by atoms with E-state index >= 15 is 0 Å². The zero-order valence-corrected chi connectivity index (χ0v) is 30.7. The molecule has 0 saturated carbocycles. The second-order valence-electron chi connectivity index (χ2n) is 13.8. The van der Waals surface area contributed by atoms with Gasteiger partial charge in [0.15, 0.2) is 5.78 Å². The molecule has 2 heterocycles. The van der Waals surface area contributed by atoms with Crippen LogP contribution >= 0.6 is 0 Å². The van der Waals surface area contributed by atoms with Crippen LogP contribution in [0.2, 0.25) is 0 Å². The second kappa shape index (κ2) is 19.9. The van der Waals surface area contributed by atoms with Gasteiger partial charge in [-0.25, -0.2) is 14.0 Å². The van der Waals surface area contributed by atoms with Crippen LogP contribution in [0.3, 0.4) is 0 Å². The van der Waals surface area contributed by atoms with Gasteiger partial charge in [0.05, 0.1) is 0 Å². The quantitative estimate of drug-likeness (QED) is 0.125. The molecule has 1 saturated heterocycles. The molecule has 0 unspecified atom stereocenters. The Balaban J connectivity index is 0.000000225. The Labute approximate surface area is 310 Å². The Bertz CT molecular complexity index is 1760. The number of benzene rings is 3. The lowest BCUT2D eigenvalue weighted by molar-refractivity contribution is -0.130. The van der Waals surface area contributed by atoms with Crippen molar-refractivity contribution in [2.24, 2.45) is 5.73 Å². The number of amides is 3.